The molecule has 6 nitrogen and oxygen atoms in total. The fraction of sp³-hybridized carbons (Fsp3) is 0.409. The fourth-order valence-corrected chi connectivity index (χ4v) is 5.23. The number of methoxy groups -OCH3 is 1. The van der Waals surface area contributed by atoms with E-state index in [0.29, 0.717) is 41.7 Å². The van der Waals surface area contributed by atoms with Gasteiger partial charge in [0.2, 0.25) is 5.91 Å². The Labute approximate surface area is 195 Å². The molecular weight excluding hydrogens is 454 g/mol. The third-order valence-corrected chi connectivity index (χ3v) is 7.44. The second-order valence-electron chi connectivity index (χ2n) is 7.05. The molecule has 0 aliphatic rings. The molecule has 0 fully saturated rings. The monoisotopic (exact) mass is 479 g/mol. The van der Waals surface area contributed by atoms with Crippen molar-refractivity contribution in [1.82, 2.24) is 14.9 Å². The van der Waals surface area contributed by atoms with E-state index in [1.54, 1.807) is 17.7 Å². The van der Waals surface area contributed by atoms with Crippen molar-refractivity contribution in [1.29, 1.82) is 0 Å². The first kappa shape index (κ1) is 23.8. The van der Waals surface area contributed by atoms with Gasteiger partial charge in [0.15, 0.2) is 5.16 Å². The van der Waals surface area contributed by atoms with Crippen LogP contribution in [-0.4, -0.2) is 34.4 Å². The molecule has 31 heavy (non-hydrogen) atoms. The molecule has 0 bridgehead atoms. The van der Waals surface area contributed by atoms with E-state index in [4.69, 9.17) is 21.3 Å². The summed E-state index contributed by atoms with van der Waals surface area (Å²) in [7, 11) is 1.64. The van der Waals surface area contributed by atoms with Gasteiger partial charge in [0.05, 0.1) is 10.6 Å². The number of hydrogen-bond donors (Lipinski definition) is 1. The number of nitrogens with one attached hydrogen (secondary N) is 1. The zero-order valence-corrected chi connectivity index (χ0v) is 20.2. The summed E-state index contributed by atoms with van der Waals surface area (Å²) < 4.78 is 6.80. The molecule has 0 spiro atoms. The van der Waals surface area contributed by atoms with Crippen molar-refractivity contribution in [2.24, 2.45) is 0 Å². The van der Waals surface area contributed by atoms with Crippen molar-refractivity contribution in [3.05, 3.63) is 56.1 Å². The number of amides is 1. The van der Waals surface area contributed by atoms with Gasteiger partial charge < -0.3 is 10.1 Å². The molecule has 0 radical (unpaired) electrons. The van der Waals surface area contributed by atoms with Gasteiger partial charge in [-0.2, -0.15) is 0 Å². The highest BCUT2D eigenvalue weighted by Gasteiger charge is 2.20. The molecule has 166 valence electrons. The third-order valence-electron chi connectivity index (χ3n) is 4.81. The summed E-state index contributed by atoms with van der Waals surface area (Å²) in [6.07, 6.45) is 1.54. The number of fused-ring (bicyclic) bond motifs is 1. The minimum absolute atomic E-state index is 0.0665. The average Bonchev–Trinajstić information content (AvgIpc) is 3.18. The number of nitrogens with zero attached hydrogens (tertiary/aromatic N) is 2. The molecular formula is C22H26ClN3O3S2. The maximum atomic E-state index is 13.1. The first-order chi connectivity index (χ1) is 14.9. The van der Waals surface area contributed by atoms with Crippen molar-refractivity contribution in [2.45, 2.75) is 50.2 Å². The van der Waals surface area contributed by atoms with E-state index in [2.05, 4.69) is 12.2 Å². The quantitative estimate of drug-likeness (QED) is 0.263. The zero-order valence-electron chi connectivity index (χ0n) is 17.8. The van der Waals surface area contributed by atoms with Crippen molar-refractivity contribution < 1.29 is 9.53 Å². The molecule has 0 aliphatic heterocycles. The molecule has 1 N–H and O–H groups in total. The van der Waals surface area contributed by atoms with Gasteiger partial charge in [0, 0.05) is 36.7 Å². The number of aromatic nitrogens is 2. The first-order valence-electron chi connectivity index (χ1n) is 10.1. The van der Waals surface area contributed by atoms with Crippen LogP contribution >= 0.6 is 34.7 Å². The Balaban J connectivity index is 1.80. The molecule has 1 atom stereocenters. The number of ether oxygens (including phenoxy) is 1. The third kappa shape index (κ3) is 5.88. The molecule has 3 aromatic rings. The van der Waals surface area contributed by atoms with Gasteiger partial charge in [-0.15, -0.1) is 11.3 Å². The lowest BCUT2D eigenvalue weighted by molar-refractivity contribution is -0.120. The SMILES string of the molecule is CCc1cc2c(=O)n(CCCOC)c(S[C@H](C)C(=O)NCc3ccccc3Cl)nc2s1. The number of benzene rings is 1. The second-order valence-corrected chi connectivity index (χ2v) is 9.88. The van der Waals surface area contributed by atoms with Crippen LogP contribution in [-0.2, 0) is 29.0 Å². The first-order valence-corrected chi connectivity index (χ1v) is 12.2. The summed E-state index contributed by atoms with van der Waals surface area (Å²) in [5.41, 5.74) is 0.791. The molecule has 1 aromatic carbocycles. The number of aryl methyl sites for hydroxylation is 1. The van der Waals surface area contributed by atoms with Crippen LogP contribution in [0.2, 0.25) is 5.02 Å². The van der Waals surface area contributed by atoms with Gasteiger partial charge in [0.25, 0.3) is 5.56 Å². The lowest BCUT2D eigenvalue weighted by atomic mass is 10.2. The molecule has 1 amide bonds. The van der Waals surface area contributed by atoms with Crippen molar-refractivity contribution in [2.75, 3.05) is 13.7 Å². The fourth-order valence-electron chi connectivity index (χ4n) is 3.05. The van der Waals surface area contributed by atoms with Crippen LogP contribution in [0.5, 0.6) is 0 Å². The van der Waals surface area contributed by atoms with Crippen molar-refractivity contribution in [3.8, 4) is 0 Å². The standard InChI is InChI=1S/C22H26ClN3O3S2/c1-4-16-12-17-20(31-16)25-22(26(21(17)28)10-7-11-29-3)30-14(2)19(27)24-13-15-8-5-6-9-18(15)23/h5-6,8-9,12,14H,4,7,10-11,13H2,1-3H3,(H,24,27)/t14-/m1/s1. The summed E-state index contributed by atoms with van der Waals surface area (Å²) in [6.45, 7) is 5.26. The van der Waals surface area contributed by atoms with Crippen LogP contribution < -0.4 is 10.9 Å². The molecule has 0 saturated heterocycles. The van der Waals surface area contributed by atoms with Gasteiger partial charge in [-0.05, 0) is 37.5 Å². The molecule has 3 rings (SSSR count). The van der Waals surface area contributed by atoms with E-state index in [0.717, 1.165) is 21.7 Å². The number of halogens is 1. The number of rotatable bonds is 10. The Bertz CT molecular complexity index is 1110. The summed E-state index contributed by atoms with van der Waals surface area (Å²) in [5, 5.41) is 4.30. The van der Waals surface area contributed by atoms with Gasteiger partial charge in [-0.25, -0.2) is 4.98 Å². The van der Waals surface area contributed by atoms with Crippen LogP contribution in [0.3, 0.4) is 0 Å². The van der Waals surface area contributed by atoms with Gasteiger partial charge >= 0.3 is 0 Å². The Kier molecular flexibility index (Phi) is 8.54. The molecule has 0 saturated carbocycles. The zero-order chi connectivity index (χ0) is 22.4. The van der Waals surface area contributed by atoms with E-state index in [9.17, 15) is 9.59 Å². The van der Waals surface area contributed by atoms with Crippen LogP contribution in [0.4, 0.5) is 0 Å². The van der Waals surface area contributed by atoms with Crippen LogP contribution in [0.15, 0.2) is 40.3 Å². The molecule has 0 aliphatic carbocycles. The van der Waals surface area contributed by atoms with Crippen LogP contribution in [0.25, 0.3) is 10.2 Å². The Morgan fingerprint density at radius 2 is 2.16 bits per heavy atom. The number of carbonyl (C=O) groups excluding carboxylic acids is 1. The van der Waals surface area contributed by atoms with Gasteiger partial charge in [-0.3, -0.25) is 14.2 Å². The molecule has 2 aromatic heterocycles. The van der Waals surface area contributed by atoms with Gasteiger partial charge in [0.1, 0.15) is 4.83 Å². The van der Waals surface area contributed by atoms with Crippen molar-refractivity contribution >= 4 is 50.8 Å². The second kappa shape index (κ2) is 11.1. The highest BCUT2D eigenvalue weighted by atomic mass is 35.5. The minimum atomic E-state index is -0.425. The topological polar surface area (TPSA) is 73.2 Å². The normalized spacial score (nSPS) is 12.3. The summed E-state index contributed by atoms with van der Waals surface area (Å²) in [4.78, 5) is 32.4. The maximum Gasteiger partial charge on any atom is 0.262 e. The number of thiophene rings is 1. The lowest BCUT2D eigenvalue weighted by Crippen LogP contribution is -2.31. The van der Waals surface area contributed by atoms with E-state index in [-0.39, 0.29) is 11.5 Å². The van der Waals surface area contributed by atoms with E-state index >= 15 is 0 Å². The molecule has 2 heterocycles. The van der Waals surface area contributed by atoms with E-state index in [1.807, 2.05) is 31.2 Å². The lowest BCUT2D eigenvalue weighted by Gasteiger charge is -2.16. The number of carbonyl (C=O) groups is 1. The number of hydrogen-bond acceptors (Lipinski definition) is 6. The Morgan fingerprint density at radius 1 is 1.39 bits per heavy atom. The predicted octanol–water partition coefficient (Wildman–Crippen LogP) is 4.51. The highest BCUT2D eigenvalue weighted by molar-refractivity contribution is 8.00. The Hall–Kier alpha value is -1.87. The number of thioether (sulfide) groups is 1. The minimum Gasteiger partial charge on any atom is -0.385 e. The average molecular weight is 480 g/mol. The maximum absolute atomic E-state index is 13.1. The van der Waals surface area contributed by atoms with E-state index < -0.39 is 5.25 Å². The molecule has 0 unspecified atom stereocenters. The smallest absolute Gasteiger partial charge is 0.262 e. The summed E-state index contributed by atoms with van der Waals surface area (Å²) in [5.74, 6) is -0.136. The Morgan fingerprint density at radius 3 is 2.87 bits per heavy atom. The van der Waals surface area contributed by atoms with Crippen LogP contribution in [0.1, 0.15) is 30.7 Å². The summed E-state index contributed by atoms with van der Waals surface area (Å²) >= 11 is 9.00. The largest absolute Gasteiger partial charge is 0.385 e. The molecule has 9 heteroatoms. The highest BCUT2D eigenvalue weighted by Crippen LogP contribution is 2.27. The predicted molar refractivity (Wildman–Crippen MR) is 128 cm³/mol. The van der Waals surface area contributed by atoms with Crippen LogP contribution in [0, 0.1) is 0 Å². The van der Waals surface area contributed by atoms with Crippen molar-refractivity contribution in [3.63, 3.8) is 0 Å². The van der Waals surface area contributed by atoms with Gasteiger partial charge in [-0.1, -0.05) is 48.5 Å². The summed E-state index contributed by atoms with van der Waals surface area (Å²) in [6, 6.07) is 9.34. The van der Waals surface area contributed by atoms with E-state index in [1.165, 1.54) is 23.1 Å².